The van der Waals surface area contributed by atoms with Crippen molar-refractivity contribution in [2.24, 2.45) is 0 Å². The molecule has 5 rings (SSSR count). The molecule has 0 radical (unpaired) electrons. The van der Waals surface area contributed by atoms with Gasteiger partial charge >= 0.3 is 5.76 Å². The highest BCUT2D eigenvalue weighted by molar-refractivity contribution is 7.92. The summed E-state index contributed by atoms with van der Waals surface area (Å²) in [5.74, 6) is -0.634. The van der Waals surface area contributed by atoms with E-state index in [0.717, 1.165) is 27.4 Å². The summed E-state index contributed by atoms with van der Waals surface area (Å²) in [6.45, 7) is 2.05. The van der Waals surface area contributed by atoms with Gasteiger partial charge in [0, 0.05) is 28.3 Å². The van der Waals surface area contributed by atoms with E-state index in [1.165, 1.54) is 18.2 Å². The van der Waals surface area contributed by atoms with Crippen LogP contribution in [0.15, 0.2) is 86.2 Å². The van der Waals surface area contributed by atoms with Crippen molar-refractivity contribution in [1.82, 2.24) is 9.97 Å². The van der Waals surface area contributed by atoms with Crippen LogP contribution in [-0.2, 0) is 10.0 Å². The van der Waals surface area contributed by atoms with Gasteiger partial charge in [0.15, 0.2) is 5.58 Å². The van der Waals surface area contributed by atoms with Gasteiger partial charge in [-0.3, -0.25) is 9.71 Å². The fraction of sp³-hybridized carbons (Fsp3) is 0.0435. The van der Waals surface area contributed by atoms with E-state index in [4.69, 9.17) is 9.40 Å². The van der Waals surface area contributed by atoms with Gasteiger partial charge in [-0.15, -0.1) is 11.3 Å². The minimum atomic E-state index is -3.85. The van der Waals surface area contributed by atoms with Crippen molar-refractivity contribution in [3.63, 3.8) is 0 Å². The molecule has 7 nitrogen and oxygen atoms in total. The van der Waals surface area contributed by atoms with Gasteiger partial charge in [-0.1, -0.05) is 36.4 Å². The SMILES string of the molecule is Cc1ccccc1-c1nc(-c2ccc(NS(=O)(=O)c3ccc4[nH]c(=O)oc4c3)cc2)cs1. The van der Waals surface area contributed by atoms with Gasteiger partial charge in [-0.05, 0) is 36.8 Å². The molecule has 160 valence electrons. The Hall–Kier alpha value is -3.69. The summed E-state index contributed by atoms with van der Waals surface area (Å²) in [5.41, 5.74) is 5.01. The van der Waals surface area contributed by atoms with E-state index in [1.807, 2.05) is 35.7 Å². The molecular weight excluding hydrogens is 446 g/mol. The highest BCUT2D eigenvalue weighted by Crippen LogP contribution is 2.31. The smallest absolute Gasteiger partial charge is 0.408 e. The minimum Gasteiger partial charge on any atom is -0.408 e. The Morgan fingerprint density at radius 3 is 2.59 bits per heavy atom. The third-order valence-corrected chi connectivity index (χ3v) is 7.27. The molecular formula is C23H17N3O4S2. The highest BCUT2D eigenvalue weighted by atomic mass is 32.2. The van der Waals surface area contributed by atoms with Crippen molar-refractivity contribution in [3.05, 3.63) is 88.2 Å². The molecule has 0 fully saturated rings. The van der Waals surface area contributed by atoms with Gasteiger partial charge in [0.2, 0.25) is 0 Å². The summed E-state index contributed by atoms with van der Waals surface area (Å²) in [6.07, 6.45) is 0. The van der Waals surface area contributed by atoms with E-state index >= 15 is 0 Å². The maximum atomic E-state index is 12.7. The van der Waals surface area contributed by atoms with Gasteiger partial charge < -0.3 is 4.42 Å². The molecule has 5 aromatic rings. The van der Waals surface area contributed by atoms with Crippen LogP contribution in [0, 0.1) is 6.92 Å². The molecule has 0 aliphatic heterocycles. The number of nitrogens with one attached hydrogen (secondary N) is 2. The number of aromatic nitrogens is 2. The maximum Gasteiger partial charge on any atom is 0.417 e. The Morgan fingerprint density at radius 1 is 1.03 bits per heavy atom. The normalized spacial score (nSPS) is 11.7. The van der Waals surface area contributed by atoms with Crippen LogP contribution >= 0.6 is 11.3 Å². The molecule has 0 bridgehead atoms. The van der Waals surface area contributed by atoms with E-state index in [2.05, 4.69) is 22.7 Å². The molecule has 0 saturated carbocycles. The molecule has 0 aliphatic rings. The highest BCUT2D eigenvalue weighted by Gasteiger charge is 2.16. The number of oxazole rings is 1. The summed E-state index contributed by atoms with van der Waals surface area (Å²) in [7, 11) is -3.85. The number of hydrogen-bond acceptors (Lipinski definition) is 6. The topological polar surface area (TPSA) is 105 Å². The quantitative estimate of drug-likeness (QED) is 0.381. The van der Waals surface area contributed by atoms with Gasteiger partial charge in [0.1, 0.15) is 5.01 Å². The Labute approximate surface area is 187 Å². The van der Waals surface area contributed by atoms with E-state index in [-0.39, 0.29) is 10.5 Å². The van der Waals surface area contributed by atoms with Crippen LogP contribution in [0.3, 0.4) is 0 Å². The fourth-order valence-electron chi connectivity index (χ4n) is 3.36. The predicted molar refractivity (Wildman–Crippen MR) is 125 cm³/mol. The van der Waals surface area contributed by atoms with Crippen LogP contribution in [0.1, 0.15) is 5.56 Å². The Balaban J connectivity index is 1.37. The van der Waals surface area contributed by atoms with Crippen LogP contribution in [0.5, 0.6) is 0 Å². The van der Waals surface area contributed by atoms with Crippen LogP contribution in [-0.4, -0.2) is 18.4 Å². The number of benzene rings is 3. The van der Waals surface area contributed by atoms with Crippen LogP contribution in [0.25, 0.3) is 32.9 Å². The zero-order valence-electron chi connectivity index (χ0n) is 16.8. The van der Waals surface area contributed by atoms with E-state index < -0.39 is 15.8 Å². The molecule has 3 aromatic carbocycles. The second kappa shape index (κ2) is 7.77. The first-order valence-corrected chi connectivity index (χ1v) is 12.0. The number of aromatic amines is 1. The third-order valence-electron chi connectivity index (χ3n) is 5.02. The Bertz CT molecular complexity index is 1600. The maximum absolute atomic E-state index is 12.7. The lowest BCUT2D eigenvalue weighted by Gasteiger charge is -2.08. The van der Waals surface area contributed by atoms with Gasteiger partial charge in [-0.25, -0.2) is 18.2 Å². The first-order valence-electron chi connectivity index (χ1n) is 9.67. The van der Waals surface area contributed by atoms with Gasteiger partial charge in [0.25, 0.3) is 10.0 Å². The summed E-state index contributed by atoms with van der Waals surface area (Å²) in [5, 5.41) is 2.93. The van der Waals surface area contributed by atoms with Gasteiger partial charge in [-0.2, -0.15) is 0 Å². The van der Waals surface area contributed by atoms with Crippen LogP contribution in [0.2, 0.25) is 0 Å². The van der Waals surface area contributed by atoms with Crippen LogP contribution in [0.4, 0.5) is 5.69 Å². The second-order valence-electron chi connectivity index (χ2n) is 7.21. The number of nitrogens with zero attached hydrogens (tertiary/aromatic N) is 1. The lowest BCUT2D eigenvalue weighted by atomic mass is 10.1. The number of sulfonamides is 1. The average molecular weight is 464 g/mol. The monoisotopic (exact) mass is 463 g/mol. The van der Waals surface area contributed by atoms with Gasteiger partial charge in [0.05, 0.1) is 16.1 Å². The Kier molecular flexibility index (Phi) is 4.91. The van der Waals surface area contributed by atoms with E-state index in [0.29, 0.717) is 11.2 Å². The molecule has 0 unspecified atom stereocenters. The number of fused-ring (bicyclic) bond motifs is 1. The molecule has 9 heteroatoms. The van der Waals surface area contributed by atoms with Crippen molar-refractivity contribution in [3.8, 4) is 21.8 Å². The number of H-pyrrole nitrogens is 1. The minimum absolute atomic E-state index is 0.000740. The van der Waals surface area contributed by atoms with Crippen molar-refractivity contribution >= 4 is 38.1 Å². The molecule has 0 aliphatic carbocycles. The zero-order valence-corrected chi connectivity index (χ0v) is 18.5. The molecule has 0 atom stereocenters. The molecule has 2 heterocycles. The standard InChI is InChI=1S/C23H17N3O4S2/c1-14-4-2-3-5-18(14)22-24-20(13-31-22)15-6-8-16(9-7-15)26-32(28,29)17-10-11-19-21(12-17)30-23(27)25-19/h2-13,26H,1H3,(H,25,27). The van der Waals surface area contributed by atoms with Crippen LogP contribution < -0.4 is 10.5 Å². The molecule has 0 saturated heterocycles. The fourth-order valence-corrected chi connectivity index (χ4v) is 5.35. The number of rotatable bonds is 5. The molecule has 32 heavy (non-hydrogen) atoms. The number of hydrogen-bond donors (Lipinski definition) is 2. The van der Waals surface area contributed by atoms with Crippen molar-refractivity contribution < 1.29 is 12.8 Å². The van der Waals surface area contributed by atoms with Crippen molar-refractivity contribution in [2.45, 2.75) is 11.8 Å². The van der Waals surface area contributed by atoms with Crippen molar-refractivity contribution in [1.29, 1.82) is 0 Å². The summed E-state index contributed by atoms with van der Waals surface area (Å²) in [6, 6.07) is 19.3. The molecule has 2 aromatic heterocycles. The molecule has 0 spiro atoms. The number of thiazole rings is 1. The average Bonchev–Trinajstić information content (AvgIpc) is 3.40. The molecule has 0 amide bonds. The first kappa shape index (κ1) is 20.2. The third kappa shape index (κ3) is 3.83. The lowest BCUT2D eigenvalue weighted by molar-refractivity contribution is 0.554. The first-order chi connectivity index (χ1) is 15.4. The van der Waals surface area contributed by atoms with E-state index in [9.17, 15) is 13.2 Å². The summed E-state index contributed by atoms with van der Waals surface area (Å²) >= 11 is 1.57. The largest absolute Gasteiger partial charge is 0.417 e. The Morgan fingerprint density at radius 2 is 1.81 bits per heavy atom. The lowest BCUT2D eigenvalue weighted by Crippen LogP contribution is -2.12. The zero-order chi connectivity index (χ0) is 22.3. The van der Waals surface area contributed by atoms with Crippen molar-refractivity contribution in [2.75, 3.05) is 4.72 Å². The number of anilines is 1. The summed E-state index contributed by atoms with van der Waals surface area (Å²) < 4.78 is 33.0. The molecule has 2 N–H and O–H groups in total. The predicted octanol–water partition coefficient (Wildman–Crippen LogP) is 5.02. The van der Waals surface area contributed by atoms with E-state index in [1.54, 1.807) is 23.5 Å². The number of aryl methyl sites for hydroxylation is 1. The second-order valence-corrected chi connectivity index (χ2v) is 9.75. The summed E-state index contributed by atoms with van der Waals surface area (Å²) in [4.78, 5) is 18.5.